The highest BCUT2D eigenvalue weighted by Gasteiger charge is 2.25. The van der Waals surface area contributed by atoms with Gasteiger partial charge in [-0.25, -0.2) is 4.98 Å². The number of rotatable bonds is 8. The molecule has 1 aliphatic heterocycles. The van der Waals surface area contributed by atoms with E-state index in [0.29, 0.717) is 47.0 Å². The van der Waals surface area contributed by atoms with Gasteiger partial charge >= 0.3 is 0 Å². The van der Waals surface area contributed by atoms with Crippen LogP contribution in [0.15, 0.2) is 54.7 Å². The molecule has 1 aromatic heterocycles. The number of carbonyl (C=O) groups is 1. The van der Waals surface area contributed by atoms with Crippen LogP contribution in [-0.2, 0) is 11.2 Å². The standard InChI is InChI=1S/C29H33Cl3N4O/c1-19(2)16-26(33)24-17-21(23-4-3-11-34-29(23)32)6-9-27(24)35-12-14-36(15-13-35)28(37)10-7-20-5-8-22(30)18-25(20)31/h3-6,8-9,11,17-19,26H,7,10,12-16,33H2,1-2H3. The van der Waals surface area contributed by atoms with E-state index in [1.54, 1.807) is 18.3 Å². The predicted octanol–water partition coefficient (Wildman–Crippen LogP) is 7.04. The molecule has 5 nitrogen and oxygen atoms in total. The molecule has 1 fully saturated rings. The molecule has 1 amide bonds. The Morgan fingerprint density at radius 2 is 1.78 bits per heavy atom. The first-order valence-corrected chi connectivity index (χ1v) is 13.8. The fraction of sp³-hybridized carbons (Fsp3) is 0.379. The third-order valence-corrected chi connectivity index (χ3v) is 7.71. The molecule has 8 heteroatoms. The number of nitrogens with zero attached hydrogens (tertiary/aromatic N) is 3. The van der Waals surface area contributed by atoms with Crippen molar-refractivity contribution in [1.29, 1.82) is 0 Å². The molecule has 0 radical (unpaired) electrons. The second-order valence-electron chi connectivity index (χ2n) is 9.95. The van der Waals surface area contributed by atoms with E-state index in [9.17, 15) is 4.79 Å². The van der Waals surface area contributed by atoms with E-state index in [1.165, 1.54) is 0 Å². The number of pyridine rings is 1. The van der Waals surface area contributed by atoms with Crippen LogP contribution in [0.2, 0.25) is 15.2 Å². The summed E-state index contributed by atoms with van der Waals surface area (Å²) in [6.07, 6.45) is 3.59. The van der Waals surface area contributed by atoms with Crippen LogP contribution in [0, 0.1) is 5.92 Å². The van der Waals surface area contributed by atoms with Gasteiger partial charge in [0.15, 0.2) is 0 Å². The summed E-state index contributed by atoms with van der Waals surface area (Å²) < 4.78 is 0. The van der Waals surface area contributed by atoms with Gasteiger partial charge in [-0.05, 0) is 71.8 Å². The van der Waals surface area contributed by atoms with Crippen molar-refractivity contribution >= 4 is 46.4 Å². The zero-order chi connectivity index (χ0) is 26.5. The Morgan fingerprint density at radius 1 is 1.03 bits per heavy atom. The minimum absolute atomic E-state index is 0.103. The molecule has 2 heterocycles. The Hall–Kier alpha value is -2.31. The van der Waals surface area contributed by atoms with Gasteiger partial charge in [0.05, 0.1) is 0 Å². The van der Waals surface area contributed by atoms with E-state index in [0.717, 1.165) is 47.5 Å². The lowest BCUT2D eigenvalue weighted by Gasteiger charge is -2.38. The predicted molar refractivity (Wildman–Crippen MR) is 155 cm³/mol. The summed E-state index contributed by atoms with van der Waals surface area (Å²) in [4.78, 5) is 21.4. The number of hydrogen-bond donors (Lipinski definition) is 1. The van der Waals surface area contributed by atoms with E-state index < -0.39 is 0 Å². The molecule has 0 spiro atoms. The van der Waals surface area contributed by atoms with Crippen LogP contribution in [0.25, 0.3) is 11.1 Å². The van der Waals surface area contributed by atoms with Crippen LogP contribution in [0.3, 0.4) is 0 Å². The summed E-state index contributed by atoms with van der Waals surface area (Å²) in [5.74, 6) is 0.612. The van der Waals surface area contributed by atoms with E-state index in [2.05, 4.69) is 41.9 Å². The lowest BCUT2D eigenvalue weighted by Crippen LogP contribution is -2.49. The molecule has 1 saturated heterocycles. The first-order chi connectivity index (χ1) is 17.7. The number of piperazine rings is 1. The lowest BCUT2D eigenvalue weighted by atomic mass is 9.93. The van der Waals surface area contributed by atoms with Crippen LogP contribution in [0.4, 0.5) is 5.69 Å². The average Bonchev–Trinajstić information content (AvgIpc) is 2.88. The Labute approximate surface area is 234 Å². The number of benzene rings is 2. The van der Waals surface area contributed by atoms with Gasteiger partial charge in [0, 0.05) is 66.1 Å². The maximum absolute atomic E-state index is 12.9. The zero-order valence-corrected chi connectivity index (χ0v) is 23.5. The van der Waals surface area contributed by atoms with Crippen molar-refractivity contribution in [3.05, 3.63) is 81.1 Å². The topological polar surface area (TPSA) is 62.5 Å². The summed E-state index contributed by atoms with van der Waals surface area (Å²) in [6, 6.07) is 15.5. The molecule has 1 unspecified atom stereocenters. The summed E-state index contributed by atoms with van der Waals surface area (Å²) >= 11 is 18.7. The number of hydrogen-bond acceptors (Lipinski definition) is 4. The molecule has 4 rings (SSSR count). The highest BCUT2D eigenvalue weighted by atomic mass is 35.5. The maximum atomic E-state index is 12.9. The minimum Gasteiger partial charge on any atom is -0.368 e. The number of aromatic nitrogens is 1. The Bertz CT molecular complexity index is 1240. The van der Waals surface area contributed by atoms with Crippen LogP contribution in [-0.4, -0.2) is 42.0 Å². The van der Waals surface area contributed by atoms with Gasteiger partial charge in [0.1, 0.15) is 5.15 Å². The van der Waals surface area contributed by atoms with Crippen molar-refractivity contribution in [2.24, 2.45) is 11.7 Å². The normalized spacial score (nSPS) is 14.8. The highest BCUT2D eigenvalue weighted by Crippen LogP contribution is 2.35. The first-order valence-electron chi connectivity index (χ1n) is 12.7. The number of amides is 1. The highest BCUT2D eigenvalue weighted by molar-refractivity contribution is 6.35. The molecule has 1 aliphatic rings. The number of nitrogens with two attached hydrogens (primary N) is 1. The van der Waals surface area contributed by atoms with Crippen molar-refractivity contribution in [2.45, 2.75) is 39.2 Å². The van der Waals surface area contributed by atoms with E-state index >= 15 is 0 Å². The molecule has 3 aromatic rings. The maximum Gasteiger partial charge on any atom is 0.223 e. The lowest BCUT2D eigenvalue weighted by molar-refractivity contribution is -0.131. The van der Waals surface area contributed by atoms with Gasteiger partial charge < -0.3 is 15.5 Å². The van der Waals surface area contributed by atoms with Crippen LogP contribution in [0.5, 0.6) is 0 Å². The van der Waals surface area contributed by atoms with Gasteiger partial charge in [-0.15, -0.1) is 0 Å². The third kappa shape index (κ3) is 6.97. The monoisotopic (exact) mass is 558 g/mol. The van der Waals surface area contributed by atoms with Crippen LogP contribution < -0.4 is 10.6 Å². The Balaban J connectivity index is 1.46. The molecule has 2 N–H and O–H groups in total. The minimum atomic E-state index is -0.103. The van der Waals surface area contributed by atoms with Crippen LogP contribution >= 0.6 is 34.8 Å². The van der Waals surface area contributed by atoms with E-state index in [1.807, 2.05) is 23.1 Å². The third-order valence-electron chi connectivity index (χ3n) is 6.82. The van der Waals surface area contributed by atoms with Gasteiger partial charge in [-0.2, -0.15) is 0 Å². The van der Waals surface area contributed by atoms with Gasteiger partial charge in [-0.3, -0.25) is 4.79 Å². The molecule has 1 atom stereocenters. The smallest absolute Gasteiger partial charge is 0.223 e. The van der Waals surface area contributed by atoms with Gasteiger partial charge in [0.25, 0.3) is 0 Å². The van der Waals surface area contributed by atoms with Gasteiger partial charge in [-0.1, -0.05) is 60.8 Å². The average molecular weight is 560 g/mol. The van der Waals surface area contributed by atoms with Crippen molar-refractivity contribution in [2.75, 3.05) is 31.1 Å². The number of halogens is 3. The molecule has 2 aromatic carbocycles. The molecule has 0 aliphatic carbocycles. The SMILES string of the molecule is CC(C)CC(N)c1cc(-c2cccnc2Cl)ccc1N1CCN(C(=O)CCc2ccc(Cl)cc2Cl)CC1. The first kappa shape index (κ1) is 27.7. The van der Waals surface area contributed by atoms with Crippen molar-refractivity contribution in [3.8, 4) is 11.1 Å². The molecular weight excluding hydrogens is 527 g/mol. The Morgan fingerprint density at radius 3 is 2.46 bits per heavy atom. The van der Waals surface area contributed by atoms with Gasteiger partial charge in [0.2, 0.25) is 5.91 Å². The van der Waals surface area contributed by atoms with E-state index in [4.69, 9.17) is 40.5 Å². The molecule has 0 bridgehead atoms. The number of anilines is 1. The van der Waals surface area contributed by atoms with Crippen molar-refractivity contribution in [1.82, 2.24) is 9.88 Å². The summed E-state index contributed by atoms with van der Waals surface area (Å²) in [6.45, 7) is 7.21. The fourth-order valence-electron chi connectivity index (χ4n) is 4.86. The summed E-state index contributed by atoms with van der Waals surface area (Å²) in [5, 5.41) is 1.68. The summed E-state index contributed by atoms with van der Waals surface area (Å²) in [5.41, 5.74) is 11.8. The van der Waals surface area contributed by atoms with Crippen LogP contribution in [0.1, 0.15) is 43.9 Å². The second kappa shape index (κ2) is 12.5. The Kier molecular flexibility index (Phi) is 9.36. The molecular formula is C29H33Cl3N4O. The molecule has 0 saturated carbocycles. The molecule has 196 valence electrons. The van der Waals surface area contributed by atoms with E-state index in [-0.39, 0.29) is 11.9 Å². The molecule has 37 heavy (non-hydrogen) atoms. The quantitative estimate of drug-likeness (QED) is 0.301. The van der Waals surface area contributed by atoms with Crippen molar-refractivity contribution in [3.63, 3.8) is 0 Å². The summed E-state index contributed by atoms with van der Waals surface area (Å²) in [7, 11) is 0. The number of carbonyl (C=O) groups excluding carboxylic acids is 1. The fourth-order valence-corrected chi connectivity index (χ4v) is 5.60. The second-order valence-corrected chi connectivity index (χ2v) is 11.2. The number of aryl methyl sites for hydroxylation is 1. The van der Waals surface area contributed by atoms with Crippen molar-refractivity contribution < 1.29 is 4.79 Å². The largest absolute Gasteiger partial charge is 0.368 e. The zero-order valence-electron chi connectivity index (χ0n) is 21.3.